The van der Waals surface area contributed by atoms with Gasteiger partial charge >= 0.3 is 0 Å². The molecule has 210 valence electrons. The molecule has 9 aromatic carbocycles. The predicted molar refractivity (Wildman–Crippen MR) is 194 cm³/mol. The van der Waals surface area contributed by atoms with Crippen LogP contribution in [0.2, 0.25) is 0 Å². The molecule has 0 aliphatic carbocycles. The zero-order chi connectivity index (χ0) is 29.7. The molecule has 1 heteroatoms. The Morgan fingerprint density at radius 3 is 1.31 bits per heavy atom. The van der Waals surface area contributed by atoms with Gasteiger partial charge < -0.3 is 4.90 Å². The van der Waals surface area contributed by atoms with Gasteiger partial charge in [0.1, 0.15) is 0 Å². The van der Waals surface area contributed by atoms with E-state index >= 15 is 0 Å². The molecule has 0 fully saturated rings. The molecule has 9 aromatic rings. The van der Waals surface area contributed by atoms with Gasteiger partial charge in [-0.1, -0.05) is 133 Å². The van der Waals surface area contributed by atoms with Crippen LogP contribution in [0.1, 0.15) is 0 Å². The van der Waals surface area contributed by atoms with Gasteiger partial charge in [0.2, 0.25) is 0 Å². The molecular weight excluding hydrogens is 542 g/mol. The van der Waals surface area contributed by atoms with Gasteiger partial charge in [-0.25, -0.2) is 0 Å². The Morgan fingerprint density at radius 2 is 0.689 bits per heavy atom. The molecule has 0 amide bonds. The van der Waals surface area contributed by atoms with Crippen molar-refractivity contribution < 1.29 is 0 Å². The Morgan fingerprint density at radius 1 is 0.244 bits per heavy atom. The number of fused-ring (bicyclic) bond motifs is 8. The van der Waals surface area contributed by atoms with Gasteiger partial charge in [0.25, 0.3) is 0 Å². The minimum Gasteiger partial charge on any atom is -0.310 e. The molecule has 0 aliphatic heterocycles. The highest BCUT2D eigenvalue weighted by Gasteiger charge is 2.17. The van der Waals surface area contributed by atoms with Crippen molar-refractivity contribution in [3.05, 3.63) is 176 Å². The van der Waals surface area contributed by atoms with Gasteiger partial charge in [0.15, 0.2) is 0 Å². The van der Waals surface area contributed by atoms with Crippen molar-refractivity contribution in [2.45, 2.75) is 0 Å². The molecule has 0 atom stereocenters. The maximum atomic E-state index is 2.40. The Balaban J connectivity index is 1.30. The van der Waals surface area contributed by atoms with Crippen molar-refractivity contribution in [2.24, 2.45) is 0 Å². The van der Waals surface area contributed by atoms with Crippen LogP contribution >= 0.6 is 0 Å². The maximum Gasteiger partial charge on any atom is 0.0468 e. The summed E-state index contributed by atoms with van der Waals surface area (Å²) in [7, 11) is 0. The van der Waals surface area contributed by atoms with Crippen LogP contribution in [0.15, 0.2) is 176 Å². The second-order valence-corrected chi connectivity index (χ2v) is 11.8. The molecule has 0 saturated heterocycles. The van der Waals surface area contributed by atoms with Gasteiger partial charge in [-0.15, -0.1) is 0 Å². The predicted octanol–water partition coefficient (Wildman–Crippen LogP) is 12.6. The Hall–Kier alpha value is -5.92. The monoisotopic (exact) mass is 571 g/mol. The van der Waals surface area contributed by atoms with Crippen molar-refractivity contribution >= 4 is 70.9 Å². The lowest BCUT2D eigenvalue weighted by molar-refractivity contribution is 1.30. The highest BCUT2D eigenvalue weighted by atomic mass is 15.1. The molecule has 0 aromatic heterocycles. The largest absolute Gasteiger partial charge is 0.310 e. The summed E-state index contributed by atoms with van der Waals surface area (Å²) in [4.78, 5) is 2.40. The zero-order valence-corrected chi connectivity index (χ0v) is 24.7. The summed E-state index contributed by atoms with van der Waals surface area (Å²) in [6.45, 7) is 0. The van der Waals surface area contributed by atoms with Crippen LogP contribution in [0.5, 0.6) is 0 Å². The van der Waals surface area contributed by atoms with Gasteiger partial charge in [0, 0.05) is 17.1 Å². The topological polar surface area (TPSA) is 3.24 Å². The average Bonchev–Trinajstić information content (AvgIpc) is 3.12. The SMILES string of the molecule is c1ccc(-c2ccc3c4ccc(N(c5ccc6ccccc6c5)c5ccc6ccccc6c5)cc4c4ccccc4c3c2)cc1. The second-order valence-electron chi connectivity index (χ2n) is 11.8. The zero-order valence-electron chi connectivity index (χ0n) is 24.7. The van der Waals surface area contributed by atoms with Crippen LogP contribution in [0.25, 0.3) is 65.0 Å². The van der Waals surface area contributed by atoms with Crippen molar-refractivity contribution in [1.82, 2.24) is 0 Å². The van der Waals surface area contributed by atoms with E-state index in [9.17, 15) is 0 Å². The average molecular weight is 572 g/mol. The molecule has 1 nitrogen and oxygen atoms in total. The van der Waals surface area contributed by atoms with Crippen LogP contribution in [0, 0.1) is 0 Å². The van der Waals surface area contributed by atoms with Crippen molar-refractivity contribution in [3.63, 3.8) is 0 Å². The first-order valence-corrected chi connectivity index (χ1v) is 15.5. The molecule has 0 N–H and O–H groups in total. The lowest BCUT2D eigenvalue weighted by Gasteiger charge is -2.27. The third-order valence-electron chi connectivity index (χ3n) is 9.17. The van der Waals surface area contributed by atoms with E-state index in [0.29, 0.717) is 0 Å². The number of benzene rings is 9. The van der Waals surface area contributed by atoms with Crippen LogP contribution in [-0.2, 0) is 0 Å². The highest BCUT2D eigenvalue weighted by molar-refractivity contribution is 6.26. The summed E-state index contributed by atoms with van der Waals surface area (Å²) < 4.78 is 0. The fourth-order valence-corrected chi connectivity index (χ4v) is 6.97. The van der Waals surface area contributed by atoms with Crippen LogP contribution in [0.4, 0.5) is 17.1 Å². The number of anilines is 3. The van der Waals surface area contributed by atoms with E-state index in [-0.39, 0.29) is 0 Å². The Bertz CT molecular complexity index is 2450. The van der Waals surface area contributed by atoms with E-state index in [1.165, 1.54) is 65.0 Å². The van der Waals surface area contributed by atoms with Crippen molar-refractivity contribution in [3.8, 4) is 11.1 Å². The molecule has 0 aliphatic rings. The molecule has 0 unspecified atom stereocenters. The smallest absolute Gasteiger partial charge is 0.0468 e. The van der Waals surface area contributed by atoms with Gasteiger partial charge in [-0.2, -0.15) is 0 Å². The summed E-state index contributed by atoms with van der Waals surface area (Å²) in [5.41, 5.74) is 5.89. The minimum atomic E-state index is 1.14. The van der Waals surface area contributed by atoms with Crippen molar-refractivity contribution in [1.29, 1.82) is 0 Å². The number of rotatable bonds is 4. The van der Waals surface area contributed by atoms with E-state index in [1.54, 1.807) is 0 Å². The van der Waals surface area contributed by atoms with Crippen molar-refractivity contribution in [2.75, 3.05) is 4.90 Å². The molecular formula is C44H29N. The standard InChI is InChI=1S/C44H29N/c1-2-10-30(11-3-1)35-20-24-41-42-25-23-38(29-44(42)40-17-9-8-16-39(40)43(41)28-35)45(36-21-18-31-12-4-6-14-33(31)26-36)37-22-19-32-13-5-7-15-34(32)27-37/h1-29H. The van der Waals surface area contributed by atoms with Gasteiger partial charge in [0.05, 0.1) is 0 Å². The number of nitrogens with zero attached hydrogens (tertiary/aromatic N) is 1. The van der Waals surface area contributed by atoms with E-state index in [2.05, 4.69) is 181 Å². The number of hydrogen-bond acceptors (Lipinski definition) is 1. The normalized spacial score (nSPS) is 11.6. The molecule has 9 rings (SSSR count). The van der Waals surface area contributed by atoms with Gasteiger partial charge in [-0.3, -0.25) is 0 Å². The summed E-state index contributed by atoms with van der Waals surface area (Å²) in [5.74, 6) is 0. The lowest BCUT2D eigenvalue weighted by Crippen LogP contribution is -2.10. The summed E-state index contributed by atoms with van der Waals surface area (Å²) >= 11 is 0. The molecule has 0 bridgehead atoms. The highest BCUT2D eigenvalue weighted by Crippen LogP contribution is 2.42. The van der Waals surface area contributed by atoms with Crippen LogP contribution in [-0.4, -0.2) is 0 Å². The third kappa shape index (κ3) is 4.32. The van der Waals surface area contributed by atoms with E-state index in [0.717, 1.165) is 17.1 Å². The minimum absolute atomic E-state index is 1.14. The Labute approximate surface area is 262 Å². The molecule has 0 radical (unpaired) electrons. The maximum absolute atomic E-state index is 2.40. The molecule has 0 saturated carbocycles. The Kier molecular flexibility index (Phi) is 5.89. The fourth-order valence-electron chi connectivity index (χ4n) is 6.97. The summed E-state index contributed by atoms with van der Waals surface area (Å²) in [6.07, 6.45) is 0. The van der Waals surface area contributed by atoms with Crippen LogP contribution in [0.3, 0.4) is 0 Å². The van der Waals surface area contributed by atoms with Crippen LogP contribution < -0.4 is 4.90 Å². The second kappa shape index (κ2) is 10.4. The van der Waals surface area contributed by atoms with E-state index < -0.39 is 0 Å². The third-order valence-corrected chi connectivity index (χ3v) is 9.17. The lowest BCUT2D eigenvalue weighted by atomic mass is 9.91. The van der Waals surface area contributed by atoms with E-state index in [4.69, 9.17) is 0 Å². The van der Waals surface area contributed by atoms with E-state index in [1.807, 2.05) is 0 Å². The number of hydrogen-bond donors (Lipinski definition) is 0. The summed E-state index contributed by atoms with van der Waals surface area (Å²) in [6, 6.07) is 64.1. The fraction of sp³-hybridized carbons (Fsp3) is 0. The molecule has 45 heavy (non-hydrogen) atoms. The molecule has 0 spiro atoms. The first kappa shape index (κ1) is 25.6. The quantitative estimate of drug-likeness (QED) is 0.190. The summed E-state index contributed by atoms with van der Waals surface area (Å²) in [5, 5.41) is 12.6. The van der Waals surface area contributed by atoms with Gasteiger partial charge in [-0.05, 0) is 107 Å². The first-order chi connectivity index (χ1) is 22.3. The first-order valence-electron chi connectivity index (χ1n) is 15.5. The molecule has 0 heterocycles.